The molecule has 3 heteroatoms. The van der Waals surface area contributed by atoms with Gasteiger partial charge in [-0.25, -0.2) is 0 Å². The van der Waals surface area contributed by atoms with E-state index in [9.17, 15) is 4.79 Å². The molecule has 0 saturated heterocycles. The van der Waals surface area contributed by atoms with E-state index in [4.69, 9.17) is 9.84 Å². The smallest absolute Gasteiger partial charge is 0.305 e. The van der Waals surface area contributed by atoms with Gasteiger partial charge in [-0.3, -0.25) is 4.79 Å². The van der Waals surface area contributed by atoms with Crippen molar-refractivity contribution in [3.05, 3.63) is 48.6 Å². The van der Waals surface area contributed by atoms with Crippen LogP contribution in [-0.4, -0.2) is 24.3 Å². The highest BCUT2D eigenvalue weighted by Gasteiger charge is 2.02. The zero-order chi connectivity index (χ0) is 24.1. The van der Waals surface area contributed by atoms with Crippen molar-refractivity contribution in [2.24, 2.45) is 0 Å². The third kappa shape index (κ3) is 28.4. The van der Waals surface area contributed by atoms with Crippen molar-refractivity contribution < 1.29 is 14.6 Å². The van der Waals surface area contributed by atoms with E-state index in [1.165, 1.54) is 44.9 Å². The maximum atomic E-state index is 11.7. The van der Waals surface area contributed by atoms with E-state index < -0.39 is 0 Å². The van der Waals surface area contributed by atoms with Gasteiger partial charge in [-0.1, -0.05) is 100 Å². The molecule has 1 N–H and O–H groups in total. The summed E-state index contributed by atoms with van der Waals surface area (Å²) in [5, 5.41) is 8.73. The molecular weight excluding hydrogens is 408 g/mol. The Labute approximate surface area is 205 Å². The zero-order valence-corrected chi connectivity index (χ0v) is 21.5. The van der Waals surface area contributed by atoms with Crippen molar-refractivity contribution in [2.45, 2.75) is 122 Å². The van der Waals surface area contributed by atoms with Crippen LogP contribution in [0.15, 0.2) is 48.6 Å². The molecule has 0 amide bonds. The van der Waals surface area contributed by atoms with E-state index in [0.29, 0.717) is 19.6 Å². The van der Waals surface area contributed by atoms with Crippen LogP contribution in [0.1, 0.15) is 122 Å². The molecule has 0 atom stereocenters. The minimum absolute atomic E-state index is 0.0481. The highest BCUT2D eigenvalue weighted by molar-refractivity contribution is 5.69. The Bertz CT molecular complexity index is 517. The normalized spacial score (nSPS) is 12.2. The van der Waals surface area contributed by atoms with Gasteiger partial charge in [-0.05, 0) is 64.2 Å². The molecule has 190 valence electrons. The summed E-state index contributed by atoms with van der Waals surface area (Å²) in [6.45, 7) is 3.09. The molecule has 0 aliphatic rings. The van der Waals surface area contributed by atoms with Gasteiger partial charge >= 0.3 is 5.97 Å². The van der Waals surface area contributed by atoms with Crippen LogP contribution in [0, 0.1) is 0 Å². The number of carbonyl (C=O) groups excluding carboxylic acids is 1. The molecule has 0 aromatic carbocycles. The predicted octanol–water partition coefficient (Wildman–Crippen LogP) is 8.79. The molecule has 0 heterocycles. The molecule has 0 radical (unpaired) electrons. The first kappa shape index (κ1) is 31.4. The highest BCUT2D eigenvalue weighted by atomic mass is 16.5. The highest BCUT2D eigenvalue weighted by Crippen LogP contribution is 2.09. The topological polar surface area (TPSA) is 46.5 Å². The van der Waals surface area contributed by atoms with Gasteiger partial charge in [0, 0.05) is 13.0 Å². The lowest BCUT2D eigenvalue weighted by molar-refractivity contribution is -0.143. The second-order valence-electron chi connectivity index (χ2n) is 8.75. The van der Waals surface area contributed by atoms with Crippen molar-refractivity contribution in [3.8, 4) is 0 Å². The summed E-state index contributed by atoms with van der Waals surface area (Å²) in [7, 11) is 0. The Morgan fingerprint density at radius 2 is 1.09 bits per heavy atom. The zero-order valence-electron chi connectivity index (χ0n) is 21.5. The molecule has 0 bridgehead atoms. The third-order valence-electron chi connectivity index (χ3n) is 5.52. The van der Waals surface area contributed by atoms with Gasteiger partial charge < -0.3 is 9.84 Å². The first-order valence-corrected chi connectivity index (χ1v) is 13.7. The molecule has 0 rings (SSSR count). The lowest BCUT2D eigenvalue weighted by Gasteiger charge is -2.04. The Morgan fingerprint density at radius 3 is 1.64 bits per heavy atom. The van der Waals surface area contributed by atoms with E-state index >= 15 is 0 Å². The van der Waals surface area contributed by atoms with E-state index in [-0.39, 0.29) is 5.97 Å². The number of hydrogen-bond donors (Lipinski definition) is 1. The van der Waals surface area contributed by atoms with E-state index in [1.807, 2.05) is 0 Å². The van der Waals surface area contributed by atoms with Crippen LogP contribution in [0.3, 0.4) is 0 Å². The molecule has 0 aliphatic carbocycles. The van der Waals surface area contributed by atoms with Gasteiger partial charge in [0.1, 0.15) is 0 Å². The average molecular weight is 461 g/mol. The molecule has 0 saturated carbocycles. The number of aliphatic hydroxyl groups excluding tert-OH is 1. The van der Waals surface area contributed by atoms with Crippen LogP contribution >= 0.6 is 0 Å². The first-order chi connectivity index (χ1) is 16.3. The van der Waals surface area contributed by atoms with Crippen LogP contribution in [0.4, 0.5) is 0 Å². The van der Waals surface area contributed by atoms with Crippen LogP contribution in [-0.2, 0) is 9.53 Å². The van der Waals surface area contributed by atoms with Crippen molar-refractivity contribution in [3.63, 3.8) is 0 Å². The minimum Gasteiger partial charge on any atom is -0.466 e. The van der Waals surface area contributed by atoms with Gasteiger partial charge in [0.15, 0.2) is 0 Å². The van der Waals surface area contributed by atoms with Gasteiger partial charge in [0.05, 0.1) is 6.61 Å². The quantitative estimate of drug-likeness (QED) is 0.0889. The first-order valence-electron chi connectivity index (χ1n) is 13.7. The lowest BCUT2D eigenvalue weighted by Crippen LogP contribution is -2.05. The number of carbonyl (C=O) groups is 1. The second kappa shape index (κ2) is 28.4. The molecule has 33 heavy (non-hydrogen) atoms. The molecule has 3 nitrogen and oxygen atoms in total. The van der Waals surface area contributed by atoms with Crippen molar-refractivity contribution in [1.82, 2.24) is 0 Å². The second-order valence-corrected chi connectivity index (χ2v) is 8.75. The van der Waals surface area contributed by atoms with Crippen LogP contribution in [0.2, 0.25) is 0 Å². The molecule has 0 aromatic rings. The van der Waals surface area contributed by atoms with Gasteiger partial charge in [-0.2, -0.15) is 0 Å². The molecule has 0 unspecified atom stereocenters. The van der Waals surface area contributed by atoms with E-state index in [1.54, 1.807) is 0 Å². The van der Waals surface area contributed by atoms with Gasteiger partial charge in [0.2, 0.25) is 0 Å². The molecule has 0 fully saturated rings. The summed E-state index contributed by atoms with van der Waals surface area (Å²) in [6.07, 6.45) is 37.4. The van der Waals surface area contributed by atoms with Gasteiger partial charge in [-0.15, -0.1) is 0 Å². The number of rotatable bonds is 24. The fourth-order valence-electron chi connectivity index (χ4n) is 3.45. The largest absolute Gasteiger partial charge is 0.466 e. The Balaban J connectivity index is 3.38. The predicted molar refractivity (Wildman–Crippen MR) is 143 cm³/mol. The Kier molecular flexibility index (Phi) is 27.0. The standard InChI is InChI=1S/C30H52O3/c1-2-3-4-5-6-7-8-9-10-11-12-13-14-15-16-20-23-26-29-33-30(32)27-24-21-18-17-19-22-25-28-31/h6-7,9-10,12-13,15-16,31H,2-5,8,11,14,17-29H2,1H3. The minimum atomic E-state index is -0.0481. The maximum Gasteiger partial charge on any atom is 0.305 e. The van der Waals surface area contributed by atoms with Gasteiger partial charge in [0.25, 0.3) is 0 Å². The van der Waals surface area contributed by atoms with Crippen LogP contribution < -0.4 is 0 Å². The van der Waals surface area contributed by atoms with Crippen molar-refractivity contribution in [1.29, 1.82) is 0 Å². The Morgan fingerprint density at radius 1 is 0.606 bits per heavy atom. The summed E-state index contributed by atoms with van der Waals surface area (Å²) >= 11 is 0. The fraction of sp³-hybridized carbons (Fsp3) is 0.700. The average Bonchev–Trinajstić information content (AvgIpc) is 2.82. The maximum absolute atomic E-state index is 11.7. The number of allylic oxidation sites excluding steroid dienone is 8. The third-order valence-corrected chi connectivity index (χ3v) is 5.52. The summed E-state index contributed by atoms with van der Waals surface area (Å²) < 4.78 is 5.32. The summed E-state index contributed by atoms with van der Waals surface area (Å²) in [5.41, 5.74) is 0. The molecular formula is C30H52O3. The summed E-state index contributed by atoms with van der Waals surface area (Å²) in [6, 6.07) is 0. The van der Waals surface area contributed by atoms with Crippen molar-refractivity contribution in [2.75, 3.05) is 13.2 Å². The van der Waals surface area contributed by atoms with Crippen LogP contribution in [0.5, 0.6) is 0 Å². The summed E-state index contributed by atoms with van der Waals surface area (Å²) in [4.78, 5) is 11.7. The number of ether oxygens (including phenoxy) is 1. The number of hydrogen-bond acceptors (Lipinski definition) is 3. The molecule has 0 spiro atoms. The molecule has 0 aromatic heterocycles. The fourth-order valence-corrected chi connectivity index (χ4v) is 3.45. The SMILES string of the molecule is CCCCCC=CCC=CCC=CCC=CCCCCOC(=O)CCCCCCCCCO. The monoisotopic (exact) mass is 460 g/mol. The number of aliphatic hydroxyl groups is 1. The number of esters is 1. The van der Waals surface area contributed by atoms with E-state index in [0.717, 1.165) is 64.2 Å². The Hall–Kier alpha value is -1.61. The van der Waals surface area contributed by atoms with Crippen molar-refractivity contribution >= 4 is 5.97 Å². The lowest BCUT2D eigenvalue weighted by atomic mass is 10.1. The summed E-state index contributed by atoms with van der Waals surface area (Å²) in [5.74, 6) is -0.0481. The van der Waals surface area contributed by atoms with E-state index in [2.05, 4.69) is 55.5 Å². The molecule has 0 aliphatic heterocycles. The van der Waals surface area contributed by atoms with Crippen LogP contribution in [0.25, 0.3) is 0 Å². The number of unbranched alkanes of at least 4 members (excludes halogenated alkanes) is 11.